The van der Waals surface area contributed by atoms with Crippen molar-refractivity contribution in [3.05, 3.63) is 42.2 Å². The summed E-state index contributed by atoms with van der Waals surface area (Å²) in [4.78, 5) is 12.8. The van der Waals surface area contributed by atoms with E-state index in [1.54, 1.807) is 36.0 Å². The molecule has 0 amide bonds. The maximum absolute atomic E-state index is 5.70. The number of fused-ring (bicyclic) bond motifs is 1. The maximum Gasteiger partial charge on any atom is 0.259 e. The van der Waals surface area contributed by atoms with Crippen molar-refractivity contribution >= 4 is 27.2 Å². The van der Waals surface area contributed by atoms with Crippen LogP contribution in [0.5, 0.6) is 0 Å². The van der Waals surface area contributed by atoms with Gasteiger partial charge in [-0.05, 0) is 23.6 Å². The van der Waals surface area contributed by atoms with E-state index >= 15 is 0 Å². The lowest BCUT2D eigenvalue weighted by Gasteiger charge is -1.95. The first-order chi connectivity index (χ1) is 10.3. The third kappa shape index (κ3) is 2.13. The van der Waals surface area contributed by atoms with Gasteiger partial charge in [0.25, 0.3) is 5.89 Å². The van der Waals surface area contributed by atoms with Gasteiger partial charge in [0.2, 0.25) is 5.82 Å². The molecule has 7 heteroatoms. The quantitative estimate of drug-likeness (QED) is 0.611. The average molecular weight is 295 g/mol. The molecule has 0 unspecified atom stereocenters. The minimum absolute atomic E-state index is 0.385. The van der Waals surface area contributed by atoms with Crippen LogP contribution in [0.2, 0.25) is 0 Å². The molecule has 0 atom stereocenters. The summed E-state index contributed by atoms with van der Waals surface area (Å²) in [6, 6.07) is 5.72. The molecule has 4 heterocycles. The molecular weight excluding hydrogens is 286 g/mol. The minimum Gasteiger partial charge on any atom is -0.397 e. The molecular formula is C14H9N5OS. The molecule has 0 aromatic carbocycles. The molecule has 0 radical (unpaired) electrons. The lowest BCUT2D eigenvalue weighted by Crippen LogP contribution is -1.88. The van der Waals surface area contributed by atoms with Gasteiger partial charge in [-0.2, -0.15) is 4.98 Å². The van der Waals surface area contributed by atoms with Crippen LogP contribution in [-0.2, 0) is 0 Å². The highest BCUT2D eigenvalue weighted by Gasteiger charge is 2.12. The van der Waals surface area contributed by atoms with E-state index in [0.717, 1.165) is 15.8 Å². The monoisotopic (exact) mass is 295 g/mol. The Morgan fingerprint density at radius 3 is 2.95 bits per heavy atom. The Labute approximate surface area is 123 Å². The van der Waals surface area contributed by atoms with Gasteiger partial charge >= 0.3 is 0 Å². The molecule has 4 aromatic rings. The van der Waals surface area contributed by atoms with Crippen LogP contribution in [0.4, 0.5) is 5.69 Å². The van der Waals surface area contributed by atoms with E-state index in [0.29, 0.717) is 23.0 Å². The average Bonchev–Trinajstić information content (AvgIpc) is 3.15. The predicted molar refractivity (Wildman–Crippen MR) is 80.6 cm³/mol. The molecule has 0 saturated heterocycles. The SMILES string of the molecule is Nc1cncc(-c2nc(-c3cnc4ccsc4c3)no2)c1. The third-order valence-corrected chi connectivity index (χ3v) is 3.85. The number of nitrogens with zero attached hydrogens (tertiary/aromatic N) is 4. The molecule has 6 nitrogen and oxygen atoms in total. The van der Waals surface area contributed by atoms with Gasteiger partial charge in [0.15, 0.2) is 0 Å². The molecule has 4 aromatic heterocycles. The summed E-state index contributed by atoms with van der Waals surface area (Å²) in [6.07, 6.45) is 4.94. The number of aromatic nitrogens is 4. The van der Waals surface area contributed by atoms with Gasteiger partial charge in [-0.25, -0.2) is 0 Å². The van der Waals surface area contributed by atoms with Crippen LogP contribution in [0, 0.1) is 0 Å². The fraction of sp³-hybridized carbons (Fsp3) is 0. The van der Waals surface area contributed by atoms with Crippen LogP contribution in [0.25, 0.3) is 33.1 Å². The van der Waals surface area contributed by atoms with Crippen LogP contribution in [0.1, 0.15) is 0 Å². The van der Waals surface area contributed by atoms with Gasteiger partial charge in [-0.15, -0.1) is 11.3 Å². The number of rotatable bonds is 2. The second kappa shape index (κ2) is 4.64. The number of anilines is 1. The van der Waals surface area contributed by atoms with Crippen LogP contribution in [-0.4, -0.2) is 20.1 Å². The van der Waals surface area contributed by atoms with E-state index in [1.807, 2.05) is 17.5 Å². The lowest BCUT2D eigenvalue weighted by molar-refractivity contribution is 0.432. The van der Waals surface area contributed by atoms with E-state index < -0.39 is 0 Å². The standard InChI is InChI=1S/C14H9N5OS/c15-10-3-9(5-16-7-10)14-18-13(19-20-14)8-4-12-11(17-6-8)1-2-21-12/h1-7H,15H2. The van der Waals surface area contributed by atoms with Crippen molar-refractivity contribution in [3.8, 4) is 22.8 Å². The minimum atomic E-state index is 0.385. The Morgan fingerprint density at radius 2 is 2.05 bits per heavy atom. The summed E-state index contributed by atoms with van der Waals surface area (Å²) >= 11 is 1.63. The van der Waals surface area contributed by atoms with Gasteiger partial charge in [0.05, 0.1) is 21.5 Å². The summed E-state index contributed by atoms with van der Waals surface area (Å²) in [5, 5.41) is 6.00. The van der Waals surface area contributed by atoms with Crippen LogP contribution in [0.3, 0.4) is 0 Å². The Morgan fingerprint density at radius 1 is 1.10 bits per heavy atom. The van der Waals surface area contributed by atoms with Gasteiger partial charge in [-0.3, -0.25) is 9.97 Å². The molecule has 0 spiro atoms. The van der Waals surface area contributed by atoms with Gasteiger partial charge in [0.1, 0.15) is 0 Å². The van der Waals surface area contributed by atoms with E-state index in [2.05, 4.69) is 20.1 Å². The van der Waals surface area contributed by atoms with Crippen molar-refractivity contribution in [1.82, 2.24) is 20.1 Å². The van der Waals surface area contributed by atoms with E-state index in [9.17, 15) is 0 Å². The Balaban J connectivity index is 1.76. The first kappa shape index (κ1) is 12.0. The molecule has 21 heavy (non-hydrogen) atoms. The topological polar surface area (TPSA) is 90.7 Å². The zero-order chi connectivity index (χ0) is 14.2. The molecule has 102 valence electrons. The fourth-order valence-corrected chi connectivity index (χ4v) is 2.78. The first-order valence-corrected chi connectivity index (χ1v) is 7.06. The summed E-state index contributed by atoms with van der Waals surface area (Å²) in [5.41, 5.74) is 8.73. The predicted octanol–water partition coefficient (Wildman–Crippen LogP) is 2.99. The van der Waals surface area contributed by atoms with Crippen LogP contribution in [0.15, 0.2) is 46.7 Å². The molecule has 0 aliphatic heterocycles. The van der Waals surface area contributed by atoms with Crippen molar-refractivity contribution in [2.45, 2.75) is 0 Å². The number of hydrogen-bond acceptors (Lipinski definition) is 7. The third-order valence-electron chi connectivity index (χ3n) is 2.99. The Hall–Kier alpha value is -2.80. The smallest absolute Gasteiger partial charge is 0.259 e. The fourth-order valence-electron chi connectivity index (χ4n) is 2.00. The zero-order valence-electron chi connectivity index (χ0n) is 10.7. The maximum atomic E-state index is 5.70. The lowest BCUT2D eigenvalue weighted by atomic mass is 10.2. The summed E-state index contributed by atoms with van der Waals surface area (Å²) < 4.78 is 6.36. The van der Waals surface area contributed by atoms with Crippen molar-refractivity contribution in [2.24, 2.45) is 0 Å². The normalized spacial score (nSPS) is 11.0. The van der Waals surface area contributed by atoms with Crippen LogP contribution >= 0.6 is 11.3 Å². The summed E-state index contributed by atoms with van der Waals surface area (Å²) in [5.74, 6) is 0.881. The second-order valence-electron chi connectivity index (χ2n) is 4.46. The molecule has 0 fully saturated rings. The van der Waals surface area contributed by atoms with Crippen molar-refractivity contribution in [2.75, 3.05) is 5.73 Å². The van der Waals surface area contributed by atoms with Gasteiger partial charge < -0.3 is 10.3 Å². The molecule has 4 rings (SSSR count). The van der Waals surface area contributed by atoms with Gasteiger partial charge in [-0.1, -0.05) is 5.16 Å². The zero-order valence-corrected chi connectivity index (χ0v) is 11.5. The molecule has 0 bridgehead atoms. The number of nitrogens with two attached hydrogens (primary N) is 1. The van der Waals surface area contributed by atoms with Crippen molar-refractivity contribution < 1.29 is 4.52 Å². The Kier molecular flexibility index (Phi) is 2.65. The molecule has 2 N–H and O–H groups in total. The summed E-state index contributed by atoms with van der Waals surface area (Å²) in [7, 11) is 0. The van der Waals surface area contributed by atoms with E-state index in [4.69, 9.17) is 10.3 Å². The second-order valence-corrected chi connectivity index (χ2v) is 5.41. The highest BCUT2D eigenvalue weighted by atomic mass is 32.1. The Bertz CT molecular complexity index is 930. The number of nitrogen functional groups attached to an aromatic ring is 1. The largest absolute Gasteiger partial charge is 0.397 e. The van der Waals surface area contributed by atoms with E-state index in [-0.39, 0.29) is 0 Å². The molecule has 0 aliphatic carbocycles. The number of hydrogen-bond donors (Lipinski definition) is 1. The number of pyridine rings is 2. The first-order valence-electron chi connectivity index (χ1n) is 6.18. The van der Waals surface area contributed by atoms with E-state index in [1.165, 1.54) is 0 Å². The van der Waals surface area contributed by atoms with Crippen LogP contribution < -0.4 is 5.73 Å². The van der Waals surface area contributed by atoms with Crippen molar-refractivity contribution in [1.29, 1.82) is 0 Å². The highest BCUT2D eigenvalue weighted by molar-refractivity contribution is 7.17. The summed E-state index contributed by atoms with van der Waals surface area (Å²) in [6.45, 7) is 0. The molecule has 0 saturated carbocycles. The van der Waals surface area contributed by atoms with Gasteiger partial charge in [0, 0.05) is 24.2 Å². The van der Waals surface area contributed by atoms with Crippen molar-refractivity contribution in [3.63, 3.8) is 0 Å². The number of thiophene rings is 1. The highest BCUT2D eigenvalue weighted by Crippen LogP contribution is 2.26. The molecule has 0 aliphatic rings.